The van der Waals surface area contributed by atoms with Gasteiger partial charge in [-0.1, -0.05) is 27.1 Å². The van der Waals surface area contributed by atoms with Crippen LogP contribution in [0.3, 0.4) is 0 Å². The number of aromatic nitrogens is 2. The molecular weight excluding hydrogens is 590 g/mol. The van der Waals surface area contributed by atoms with Crippen molar-refractivity contribution >= 4 is 36.8 Å². The minimum absolute atomic E-state index is 0.191. The van der Waals surface area contributed by atoms with E-state index in [-0.39, 0.29) is 18.7 Å². The number of aliphatic hydroxyl groups is 1. The predicted octanol–water partition coefficient (Wildman–Crippen LogP) is 1.30. The summed E-state index contributed by atoms with van der Waals surface area (Å²) in [7, 11) is -9.93. The second-order valence-corrected chi connectivity index (χ2v) is 12.2. The van der Waals surface area contributed by atoms with Crippen LogP contribution in [0.2, 0.25) is 0 Å². The van der Waals surface area contributed by atoms with Gasteiger partial charge < -0.3 is 34.7 Å². The van der Waals surface area contributed by atoms with Gasteiger partial charge in [-0.15, -0.1) is 0 Å². The van der Waals surface area contributed by atoms with Crippen LogP contribution < -0.4 is 16.6 Å². The van der Waals surface area contributed by atoms with E-state index in [1.807, 2.05) is 0 Å². The van der Waals surface area contributed by atoms with Crippen LogP contribution >= 0.6 is 31.1 Å². The van der Waals surface area contributed by atoms with Crippen molar-refractivity contribution < 1.29 is 38.5 Å². The average Bonchev–Trinajstić information content (AvgIpc) is 3.16. The maximum atomic E-state index is 11.7. The molecule has 36 heavy (non-hydrogen) atoms. The van der Waals surface area contributed by atoms with Gasteiger partial charge in [0.25, 0.3) is 5.56 Å². The molecule has 7 N–H and O–H groups in total. The molecule has 1 aliphatic rings. The van der Waals surface area contributed by atoms with E-state index in [0.717, 1.165) is 0 Å². The Kier molecular flexibility index (Phi) is 10.2. The van der Waals surface area contributed by atoms with Gasteiger partial charge in [0.15, 0.2) is 0 Å². The quantitative estimate of drug-likeness (QED) is 0.101. The molecule has 0 radical (unpaired) electrons. The zero-order chi connectivity index (χ0) is 27.3. The molecule has 0 saturated carbocycles. The maximum absolute atomic E-state index is 11.7. The van der Waals surface area contributed by atoms with Crippen LogP contribution in [0.25, 0.3) is 10.4 Å². The molecule has 0 bridgehead atoms. The number of azide groups is 1. The first-order valence-corrected chi connectivity index (χ1v) is 14.1. The molecule has 1 aliphatic heterocycles. The highest BCUT2D eigenvalue weighted by molar-refractivity contribution is 9.10. The van der Waals surface area contributed by atoms with Crippen LogP contribution in [0.1, 0.15) is 18.2 Å². The summed E-state index contributed by atoms with van der Waals surface area (Å²) < 4.78 is 29.3. The Labute approximate surface area is 211 Å². The van der Waals surface area contributed by atoms with Gasteiger partial charge in [0.1, 0.15) is 6.23 Å². The monoisotopic (exact) mass is 612 g/mol. The lowest BCUT2D eigenvalue weighted by molar-refractivity contribution is -0.0271. The maximum Gasteiger partial charge on any atom is 0.360 e. The van der Waals surface area contributed by atoms with Crippen LogP contribution in [-0.2, 0) is 13.9 Å². The van der Waals surface area contributed by atoms with Crippen LogP contribution in [0.4, 0.5) is 5.69 Å². The van der Waals surface area contributed by atoms with Gasteiger partial charge in [-0.05, 0) is 30.7 Å². The van der Waals surface area contributed by atoms with Crippen molar-refractivity contribution in [2.24, 2.45) is 5.11 Å². The molecule has 19 heteroatoms. The summed E-state index contributed by atoms with van der Waals surface area (Å²) in [5.74, 6) is 0. The first kappa shape index (κ1) is 29.9. The molecule has 198 valence electrons. The molecule has 1 aromatic heterocycles. The molecule has 1 saturated heterocycles. The van der Waals surface area contributed by atoms with Gasteiger partial charge in [-0.25, -0.2) is 4.79 Å². The molecule has 0 spiro atoms. The lowest BCUT2D eigenvalue weighted by Gasteiger charge is -2.21. The number of aryl methyl sites for hydroxylation is 1. The van der Waals surface area contributed by atoms with Gasteiger partial charge >= 0.3 is 20.9 Å². The number of nitrogens with zero attached hydrogens (tertiary/aromatic N) is 4. The third-order valence-electron chi connectivity index (χ3n) is 4.80. The number of hydrogen-bond donors (Lipinski definition) is 7. The summed E-state index contributed by atoms with van der Waals surface area (Å²) in [6, 6.07) is 5.55. The number of nitrogens with one attached hydrogen (secondary N) is 2. The summed E-state index contributed by atoms with van der Waals surface area (Å²) in [6.45, 7) is 1.26. The fraction of sp³-hybridized carbons (Fsp3) is 0.412. The molecule has 0 amide bonds. The minimum atomic E-state index is -4.97. The Balaban J connectivity index is 0.000000255. The second kappa shape index (κ2) is 12.3. The smallest absolute Gasteiger partial charge is 0.360 e. The summed E-state index contributed by atoms with van der Waals surface area (Å²) >= 11 is 3.12. The largest absolute Gasteiger partial charge is 0.394 e. The fourth-order valence-electron chi connectivity index (χ4n) is 3.13. The number of halogens is 1. The first-order valence-electron chi connectivity index (χ1n) is 9.92. The molecule has 2 heterocycles. The van der Waals surface area contributed by atoms with Crippen LogP contribution in [0.5, 0.6) is 0 Å². The van der Waals surface area contributed by atoms with E-state index in [0.29, 0.717) is 10.0 Å². The number of ether oxygens (including phenoxy) is 1. The Morgan fingerprint density at radius 2 is 1.94 bits per heavy atom. The first-order chi connectivity index (χ1) is 16.7. The average molecular weight is 613 g/mol. The predicted molar refractivity (Wildman–Crippen MR) is 130 cm³/mol. The van der Waals surface area contributed by atoms with Crippen molar-refractivity contribution in [3.8, 4) is 0 Å². The SMILES string of the molecule is Cc1cn([C@H]2C[C@H](N=[N+]=[N-])[C@@H](CO)O2)c(=O)[nH]c1=O.O=P(O)(O)C(Nc1cccc(Br)c1)P(=O)(O)O. The normalized spacial score (nSPS) is 19.8. The third kappa shape index (κ3) is 8.11. The zero-order valence-electron chi connectivity index (χ0n) is 18.4. The summed E-state index contributed by atoms with van der Waals surface area (Å²) in [5.41, 5.74) is 5.70. The van der Waals surface area contributed by atoms with Crippen LogP contribution in [0, 0.1) is 6.92 Å². The molecule has 3 atom stereocenters. The number of aromatic amines is 1. The van der Waals surface area contributed by atoms with Crippen molar-refractivity contribution in [3.63, 3.8) is 0 Å². The summed E-state index contributed by atoms with van der Waals surface area (Å²) in [6.07, 6.45) is 0.329. The standard InChI is InChI=1S/C10H13N5O4.C7H10BrNO6P2/c1-5-3-15(10(18)12-9(5)17)8-2-6(13-14-11)7(4-16)19-8;8-5-2-1-3-6(4-5)9-7(16(10,11)12)17(13,14)15/h3,6-8,16H,2,4H2,1H3,(H,12,17,18);1-4,7,9H,(H2,10,11,12)(H2,13,14,15)/t6-,7+,8+;/m0./s1. The number of rotatable bonds is 7. The molecule has 1 aromatic carbocycles. The van der Waals surface area contributed by atoms with Crippen molar-refractivity contribution in [2.45, 2.75) is 37.2 Å². The topological polar surface area (TPSA) is 260 Å². The van der Waals surface area contributed by atoms with E-state index in [2.05, 4.69) is 36.3 Å². The highest BCUT2D eigenvalue weighted by Crippen LogP contribution is 2.59. The van der Waals surface area contributed by atoms with Gasteiger partial charge in [-0.3, -0.25) is 23.5 Å². The lowest BCUT2D eigenvalue weighted by Crippen LogP contribution is -2.33. The van der Waals surface area contributed by atoms with Crippen molar-refractivity contribution in [1.82, 2.24) is 9.55 Å². The van der Waals surface area contributed by atoms with Gasteiger partial charge in [0, 0.05) is 33.3 Å². The number of aliphatic hydroxyl groups excluding tert-OH is 1. The fourth-order valence-corrected chi connectivity index (χ4v) is 5.73. The number of H-pyrrole nitrogens is 1. The van der Waals surface area contributed by atoms with E-state index in [4.69, 9.17) is 34.9 Å². The van der Waals surface area contributed by atoms with Crippen molar-refractivity contribution in [2.75, 3.05) is 11.9 Å². The minimum Gasteiger partial charge on any atom is -0.394 e. The van der Waals surface area contributed by atoms with E-state index < -0.39 is 50.3 Å². The van der Waals surface area contributed by atoms with E-state index in [9.17, 15) is 18.7 Å². The van der Waals surface area contributed by atoms with E-state index in [1.54, 1.807) is 19.1 Å². The molecule has 1 fully saturated rings. The second-order valence-electron chi connectivity index (χ2n) is 7.50. The summed E-state index contributed by atoms with van der Waals surface area (Å²) in [5, 5.41) is 14.8. The Morgan fingerprint density at radius 1 is 1.31 bits per heavy atom. The van der Waals surface area contributed by atoms with E-state index in [1.165, 1.54) is 22.9 Å². The van der Waals surface area contributed by atoms with Crippen molar-refractivity contribution in [1.29, 1.82) is 0 Å². The number of anilines is 1. The lowest BCUT2D eigenvalue weighted by atomic mass is 10.1. The molecule has 0 aliphatic carbocycles. The van der Waals surface area contributed by atoms with Gasteiger partial charge in [0.05, 0.1) is 18.8 Å². The zero-order valence-corrected chi connectivity index (χ0v) is 21.8. The Hall–Kier alpha value is -2.29. The summed E-state index contributed by atoms with van der Waals surface area (Å²) in [4.78, 5) is 63.4. The van der Waals surface area contributed by atoms with Crippen LogP contribution in [0.15, 0.2) is 49.6 Å². The van der Waals surface area contributed by atoms with E-state index >= 15 is 0 Å². The third-order valence-corrected chi connectivity index (χ3v) is 8.63. The highest BCUT2D eigenvalue weighted by Gasteiger charge is 2.43. The van der Waals surface area contributed by atoms with Crippen LogP contribution in [-0.4, -0.2) is 58.5 Å². The molecule has 16 nitrogen and oxygen atoms in total. The number of benzene rings is 1. The Morgan fingerprint density at radius 3 is 2.47 bits per heavy atom. The molecule has 2 aromatic rings. The molecule has 3 rings (SSSR count). The molecule has 0 unspecified atom stereocenters. The van der Waals surface area contributed by atoms with Crippen molar-refractivity contribution in [3.05, 3.63) is 71.8 Å². The Bertz CT molecular complexity index is 1310. The highest BCUT2D eigenvalue weighted by atomic mass is 79.9. The van der Waals surface area contributed by atoms with Gasteiger partial charge in [0.2, 0.25) is 5.52 Å². The van der Waals surface area contributed by atoms with Gasteiger partial charge in [-0.2, -0.15) is 0 Å². The number of hydrogen-bond acceptors (Lipinski definition) is 8. The molecular formula is C17H23BrN6O10P2.